The van der Waals surface area contributed by atoms with Gasteiger partial charge in [0.05, 0.1) is 6.04 Å². The van der Waals surface area contributed by atoms with Gasteiger partial charge in [0.15, 0.2) is 0 Å². The molecule has 1 aliphatic heterocycles. The lowest BCUT2D eigenvalue weighted by Crippen LogP contribution is -2.43. The van der Waals surface area contributed by atoms with Crippen molar-refractivity contribution in [1.82, 2.24) is 5.32 Å². The molecule has 1 heterocycles. The Hall–Kier alpha value is -0.710. The number of carbonyl (C=O) groups is 1. The van der Waals surface area contributed by atoms with Crippen LogP contribution in [-0.4, -0.2) is 30.6 Å². The molecular weight excluding hydrogens is 280 g/mol. The minimum atomic E-state index is -0.0372. The van der Waals surface area contributed by atoms with Crippen molar-refractivity contribution in [3.63, 3.8) is 0 Å². The van der Waals surface area contributed by atoms with Crippen LogP contribution in [0.15, 0.2) is 24.3 Å². The number of amides is 1. The molecule has 5 heteroatoms. The third-order valence-electron chi connectivity index (χ3n) is 3.29. The average Bonchev–Trinajstić information content (AvgIpc) is 2.91. The monoisotopic (exact) mass is 300 g/mol. The Morgan fingerprint density at radius 1 is 1.37 bits per heavy atom. The maximum absolute atomic E-state index is 12.2. The Bertz CT molecular complexity index is 416. The third-order valence-corrected chi connectivity index (χ3v) is 4.23. The van der Waals surface area contributed by atoms with Crippen LogP contribution < -0.4 is 10.2 Å². The lowest BCUT2D eigenvalue weighted by atomic mass is 10.0. The summed E-state index contributed by atoms with van der Waals surface area (Å²) in [6.07, 6.45) is 0. The number of likely N-dealkylation sites (N-methyl/N-ethyl adjacent to an activating group) is 1. The second-order valence-corrected chi connectivity index (χ2v) is 5.95. The van der Waals surface area contributed by atoms with Crippen molar-refractivity contribution in [1.29, 1.82) is 0 Å². The molecule has 1 unspecified atom stereocenters. The summed E-state index contributed by atoms with van der Waals surface area (Å²) in [5.74, 6) is 2.41. The van der Waals surface area contributed by atoms with E-state index in [0.29, 0.717) is 5.92 Å². The van der Waals surface area contributed by atoms with Crippen LogP contribution in [0, 0.1) is 0 Å². The van der Waals surface area contributed by atoms with Gasteiger partial charge >= 0.3 is 0 Å². The molecule has 1 amide bonds. The highest BCUT2D eigenvalue weighted by Gasteiger charge is 2.25. The predicted molar refractivity (Wildman–Crippen MR) is 85.4 cm³/mol. The Morgan fingerprint density at radius 3 is 2.47 bits per heavy atom. The van der Waals surface area contributed by atoms with Gasteiger partial charge in [-0.3, -0.25) is 10.1 Å². The maximum atomic E-state index is 12.2. The van der Waals surface area contributed by atoms with Gasteiger partial charge in [0.1, 0.15) is 0 Å². The minimum Gasteiger partial charge on any atom is -0.314 e. The van der Waals surface area contributed by atoms with E-state index >= 15 is 0 Å². The molecule has 2 rings (SSSR count). The quantitative estimate of drug-likeness (QED) is 0.931. The Morgan fingerprint density at radius 2 is 2.00 bits per heavy atom. The predicted octanol–water partition coefficient (Wildman–Crippen LogP) is 2.86. The van der Waals surface area contributed by atoms with Gasteiger partial charge in [0.25, 0.3) is 0 Å². The molecule has 1 aromatic carbocycles. The Balaban J connectivity index is 0.00000180. The van der Waals surface area contributed by atoms with E-state index in [2.05, 4.69) is 31.3 Å². The summed E-state index contributed by atoms with van der Waals surface area (Å²) >= 11 is 1.77. The molecule has 1 N–H and O–H groups in total. The molecule has 1 fully saturated rings. The maximum Gasteiger partial charge on any atom is 0.244 e. The van der Waals surface area contributed by atoms with Crippen molar-refractivity contribution in [2.45, 2.75) is 25.8 Å². The second kappa shape index (κ2) is 7.17. The summed E-state index contributed by atoms with van der Waals surface area (Å²) in [7, 11) is 1.84. The first-order chi connectivity index (χ1) is 8.59. The van der Waals surface area contributed by atoms with Crippen LogP contribution in [0.3, 0.4) is 0 Å². The van der Waals surface area contributed by atoms with Crippen molar-refractivity contribution in [3.8, 4) is 0 Å². The highest BCUT2D eigenvalue weighted by atomic mass is 35.5. The number of carbonyl (C=O) groups excluding carboxylic acids is 1. The SMILES string of the molecule is CC(C)c1ccc(N(C)C(=O)C2CSCN2)cc1.Cl. The molecule has 1 atom stereocenters. The highest BCUT2D eigenvalue weighted by molar-refractivity contribution is 7.99. The topological polar surface area (TPSA) is 32.3 Å². The first-order valence-electron chi connectivity index (χ1n) is 6.28. The minimum absolute atomic E-state index is 0. The van der Waals surface area contributed by atoms with E-state index < -0.39 is 0 Å². The van der Waals surface area contributed by atoms with Crippen LogP contribution in [0.2, 0.25) is 0 Å². The van der Waals surface area contributed by atoms with Crippen molar-refractivity contribution >= 4 is 35.8 Å². The fourth-order valence-corrected chi connectivity index (χ4v) is 2.93. The zero-order valence-corrected chi connectivity index (χ0v) is 13.2. The molecule has 1 aromatic rings. The standard InChI is InChI=1S/C14H20N2OS.ClH/c1-10(2)11-4-6-12(7-5-11)16(3)14(17)13-8-18-9-15-13;/h4-7,10,13,15H,8-9H2,1-3H3;1H. The number of hydrogen-bond acceptors (Lipinski definition) is 3. The van der Waals surface area contributed by atoms with Gasteiger partial charge in [-0.05, 0) is 23.6 Å². The van der Waals surface area contributed by atoms with Gasteiger partial charge in [-0.1, -0.05) is 26.0 Å². The molecule has 0 aliphatic carbocycles. The lowest BCUT2D eigenvalue weighted by Gasteiger charge is -2.21. The number of anilines is 1. The summed E-state index contributed by atoms with van der Waals surface area (Å²) in [5.41, 5.74) is 2.26. The van der Waals surface area contributed by atoms with E-state index in [9.17, 15) is 4.79 Å². The number of halogens is 1. The van der Waals surface area contributed by atoms with Crippen LogP contribution in [0.1, 0.15) is 25.3 Å². The molecule has 1 saturated heterocycles. The fraction of sp³-hybridized carbons (Fsp3) is 0.500. The zero-order chi connectivity index (χ0) is 13.1. The van der Waals surface area contributed by atoms with Gasteiger partial charge in [-0.25, -0.2) is 0 Å². The summed E-state index contributed by atoms with van der Waals surface area (Å²) in [4.78, 5) is 14.0. The van der Waals surface area contributed by atoms with E-state index in [-0.39, 0.29) is 24.4 Å². The van der Waals surface area contributed by atoms with Crippen LogP contribution in [-0.2, 0) is 4.79 Å². The van der Waals surface area contributed by atoms with Crippen LogP contribution in [0.4, 0.5) is 5.69 Å². The first-order valence-corrected chi connectivity index (χ1v) is 7.43. The van der Waals surface area contributed by atoms with Crippen molar-refractivity contribution in [2.24, 2.45) is 0 Å². The van der Waals surface area contributed by atoms with E-state index in [1.165, 1.54) is 5.56 Å². The van der Waals surface area contributed by atoms with Crippen LogP contribution in [0.25, 0.3) is 0 Å². The molecule has 3 nitrogen and oxygen atoms in total. The van der Waals surface area contributed by atoms with Gasteiger partial charge in [-0.2, -0.15) is 0 Å². The first kappa shape index (κ1) is 16.3. The average molecular weight is 301 g/mol. The molecule has 0 spiro atoms. The normalized spacial score (nSPS) is 18.2. The van der Waals surface area contributed by atoms with E-state index in [1.807, 2.05) is 19.2 Å². The second-order valence-electron chi connectivity index (χ2n) is 4.92. The number of hydrogen-bond donors (Lipinski definition) is 1. The summed E-state index contributed by atoms with van der Waals surface area (Å²) in [6, 6.07) is 8.20. The van der Waals surface area contributed by atoms with E-state index in [0.717, 1.165) is 17.3 Å². The fourth-order valence-electron chi connectivity index (χ4n) is 2.00. The smallest absolute Gasteiger partial charge is 0.244 e. The summed E-state index contributed by atoms with van der Waals surface area (Å²) in [5, 5.41) is 3.21. The molecule has 106 valence electrons. The molecule has 0 radical (unpaired) electrons. The zero-order valence-electron chi connectivity index (χ0n) is 11.6. The molecule has 0 aromatic heterocycles. The number of nitrogens with one attached hydrogen (secondary N) is 1. The number of nitrogens with zero attached hydrogens (tertiary/aromatic N) is 1. The molecular formula is C14H21ClN2OS. The Kier molecular flexibility index (Phi) is 6.17. The summed E-state index contributed by atoms with van der Waals surface area (Å²) in [6.45, 7) is 4.34. The van der Waals surface area contributed by atoms with Crippen molar-refractivity contribution < 1.29 is 4.79 Å². The number of thioether (sulfide) groups is 1. The van der Waals surface area contributed by atoms with Crippen LogP contribution >= 0.6 is 24.2 Å². The van der Waals surface area contributed by atoms with E-state index in [4.69, 9.17) is 0 Å². The van der Waals surface area contributed by atoms with Gasteiger partial charge in [-0.15, -0.1) is 24.2 Å². The molecule has 0 saturated carbocycles. The van der Waals surface area contributed by atoms with Crippen LogP contribution in [0.5, 0.6) is 0 Å². The molecule has 19 heavy (non-hydrogen) atoms. The van der Waals surface area contributed by atoms with Crippen molar-refractivity contribution in [2.75, 3.05) is 23.6 Å². The highest BCUT2D eigenvalue weighted by Crippen LogP contribution is 2.21. The van der Waals surface area contributed by atoms with Gasteiger partial charge in [0.2, 0.25) is 5.91 Å². The summed E-state index contributed by atoms with van der Waals surface area (Å²) < 4.78 is 0. The number of benzene rings is 1. The van der Waals surface area contributed by atoms with E-state index in [1.54, 1.807) is 16.7 Å². The number of rotatable bonds is 3. The third kappa shape index (κ3) is 3.88. The molecule has 0 bridgehead atoms. The lowest BCUT2D eigenvalue weighted by molar-refractivity contribution is -0.119. The largest absolute Gasteiger partial charge is 0.314 e. The van der Waals surface area contributed by atoms with Crippen molar-refractivity contribution in [3.05, 3.63) is 29.8 Å². The van der Waals surface area contributed by atoms with Gasteiger partial charge in [0, 0.05) is 24.4 Å². The molecule has 1 aliphatic rings. The van der Waals surface area contributed by atoms with Gasteiger partial charge < -0.3 is 4.90 Å². The Labute approximate surface area is 125 Å².